The summed E-state index contributed by atoms with van der Waals surface area (Å²) in [4.78, 5) is 4.22. The highest BCUT2D eigenvalue weighted by atomic mass is 19.3. The van der Waals surface area contributed by atoms with Gasteiger partial charge in [-0.05, 0) is 31.1 Å². The molecule has 0 amide bonds. The molecule has 6 nitrogen and oxygen atoms in total. The van der Waals surface area contributed by atoms with Crippen LogP contribution in [0.25, 0.3) is 12.2 Å². The molecule has 0 aliphatic heterocycles. The summed E-state index contributed by atoms with van der Waals surface area (Å²) >= 11 is 0. The molecule has 2 aromatic rings. The monoisotopic (exact) mass is 387 g/mol. The van der Waals surface area contributed by atoms with Crippen LogP contribution in [0.5, 0.6) is 11.5 Å². The number of aromatic nitrogens is 2. The second-order valence-corrected chi connectivity index (χ2v) is 6.11. The normalized spacial score (nSPS) is 16.6. The lowest BCUT2D eigenvalue weighted by molar-refractivity contribution is -0.0543. The van der Waals surface area contributed by atoms with Crippen molar-refractivity contribution < 1.29 is 31.6 Å². The van der Waals surface area contributed by atoms with Crippen molar-refractivity contribution in [2.75, 3.05) is 0 Å². The predicted octanol–water partition coefficient (Wildman–Crippen LogP) is 4.17. The van der Waals surface area contributed by atoms with Crippen LogP contribution < -0.4 is 15.2 Å². The van der Waals surface area contributed by atoms with Crippen molar-refractivity contribution in [2.24, 2.45) is 5.73 Å². The highest BCUT2D eigenvalue weighted by Crippen LogP contribution is 2.35. The molecule has 0 saturated heterocycles. The molecule has 0 radical (unpaired) electrons. The highest BCUT2D eigenvalue weighted by molar-refractivity contribution is 5.70. The molecule has 1 fully saturated rings. The van der Waals surface area contributed by atoms with Crippen molar-refractivity contribution in [1.82, 2.24) is 10.1 Å². The smallest absolute Gasteiger partial charge is 0.387 e. The van der Waals surface area contributed by atoms with Crippen molar-refractivity contribution >= 4 is 12.2 Å². The number of alkyl halides is 4. The van der Waals surface area contributed by atoms with E-state index in [-0.39, 0.29) is 23.0 Å². The first kappa shape index (κ1) is 19.2. The van der Waals surface area contributed by atoms with Gasteiger partial charge >= 0.3 is 13.2 Å². The van der Waals surface area contributed by atoms with Crippen LogP contribution in [0.15, 0.2) is 22.7 Å². The Kier molecular flexibility index (Phi) is 5.64. The van der Waals surface area contributed by atoms with E-state index in [1.54, 1.807) is 0 Å². The van der Waals surface area contributed by atoms with Gasteiger partial charge in [0.05, 0.1) is 5.54 Å². The van der Waals surface area contributed by atoms with Crippen molar-refractivity contribution in [1.29, 1.82) is 0 Å². The molecule has 2 N–H and O–H groups in total. The second-order valence-electron chi connectivity index (χ2n) is 6.11. The molecule has 0 bridgehead atoms. The van der Waals surface area contributed by atoms with Crippen LogP contribution in [0.3, 0.4) is 0 Å². The summed E-state index contributed by atoms with van der Waals surface area (Å²) in [6.45, 7) is -6.21. The van der Waals surface area contributed by atoms with Gasteiger partial charge in [0.2, 0.25) is 0 Å². The molecular formula is C17H17F4N3O3. The third kappa shape index (κ3) is 4.76. The third-order valence-electron chi connectivity index (χ3n) is 4.21. The molecule has 1 saturated carbocycles. The molecule has 1 aliphatic rings. The molecule has 27 heavy (non-hydrogen) atoms. The molecule has 10 heteroatoms. The highest BCUT2D eigenvalue weighted by Gasteiger charge is 2.35. The summed E-state index contributed by atoms with van der Waals surface area (Å²) in [5.41, 5.74) is 5.83. The largest absolute Gasteiger partial charge is 0.435 e. The SMILES string of the molecule is NC1(c2noc(/C=C/c3ccc(OC(F)F)cc3OC(F)F)n2)CCCC1. The number of benzene rings is 1. The topological polar surface area (TPSA) is 83.4 Å². The first-order valence-corrected chi connectivity index (χ1v) is 8.20. The first-order chi connectivity index (χ1) is 12.9. The molecule has 3 rings (SSSR count). The minimum absolute atomic E-state index is 0.137. The second kappa shape index (κ2) is 7.95. The number of halogens is 4. The maximum Gasteiger partial charge on any atom is 0.387 e. The number of nitrogens with zero attached hydrogens (tertiary/aromatic N) is 2. The van der Waals surface area contributed by atoms with Gasteiger partial charge < -0.3 is 19.7 Å². The fourth-order valence-corrected chi connectivity index (χ4v) is 2.92. The zero-order valence-electron chi connectivity index (χ0n) is 14.1. The predicted molar refractivity (Wildman–Crippen MR) is 87.3 cm³/mol. The Hall–Kier alpha value is -2.62. The fourth-order valence-electron chi connectivity index (χ4n) is 2.92. The van der Waals surface area contributed by atoms with Gasteiger partial charge in [0.15, 0.2) is 5.82 Å². The standard InChI is InChI=1S/C17H17F4N3O3/c18-15(19)25-11-5-3-10(12(9-11)26-16(20)21)4-6-13-23-14(24-27-13)17(22)7-1-2-8-17/h3-6,9,15-16H,1-2,7-8,22H2/b6-4+. The summed E-state index contributed by atoms with van der Waals surface area (Å²) in [5, 5.41) is 3.88. The molecule has 0 spiro atoms. The Balaban J connectivity index is 1.80. The van der Waals surface area contributed by atoms with Gasteiger partial charge in [0, 0.05) is 17.7 Å². The Morgan fingerprint density at radius 3 is 2.44 bits per heavy atom. The Morgan fingerprint density at radius 1 is 1.07 bits per heavy atom. The van der Waals surface area contributed by atoms with Gasteiger partial charge in [-0.1, -0.05) is 18.0 Å². The number of hydrogen-bond acceptors (Lipinski definition) is 6. The minimum atomic E-state index is -3.13. The van der Waals surface area contributed by atoms with E-state index in [2.05, 4.69) is 19.6 Å². The Morgan fingerprint density at radius 2 is 1.78 bits per heavy atom. The third-order valence-corrected chi connectivity index (χ3v) is 4.21. The molecule has 0 atom stereocenters. The zero-order valence-corrected chi connectivity index (χ0v) is 14.1. The number of rotatable bonds is 7. The van der Waals surface area contributed by atoms with Gasteiger partial charge in [0.1, 0.15) is 11.5 Å². The molecule has 1 aliphatic carbocycles. The minimum Gasteiger partial charge on any atom is -0.435 e. The molecule has 1 aromatic carbocycles. The number of ether oxygens (including phenoxy) is 2. The van der Waals surface area contributed by atoms with Crippen LogP contribution >= 0.6 is 0 Å². The first-order valence-electron chi connectivity index (χ1n) is 8.20. The summed E-state index contributed by atoms with van der Waals surface area (Å²) < 4.78 is 63.4. The van der Waals surface area contributed by atoms with Crippen LogP contribution in [-0.4, -0.2) is 23.4 Å². The van der Waals surface area contributed by atoms with Gasteiger partial charge in [-0.25, -0.2) is 0 Å². The van der Waals surface area contributed by atoms with Crippen LogP contribution in [0.4, 0.5) is 17.6 Å². The van der Waals surface area contributed by atoms with Crippen LogP contribution in [0.1, 0.15) is 43.0 Å². The Labute approximate surface area is 151 Å². The lowest BCUT2D eigenvalue weighted by Gasteiger charge is -2.17. The van der Waals surface area contributed by atoms with E-state index in [0.717, 1.165) is 31.7 Å². The lowest BCUT2D eigenvalue weighted by atomic mass is 9.99. The van der Waals surface area contributed by atoms with Crippen molar-refractivity contribution in [3.63, 3.8) is 0 Å². The van der Waals surface area contributed by atoms with Crippen LogP contribution in [0, 0.1) is 0 Å². The van der Waals surface area contributed by atoms with E-state index in [9.17, 15) is 17.6 Å². The summed E-state index contributed by atoms with van der Waals surface area (Å²) in [5.74, 6) is -0.101. The van der Waals surface area contributed by atoms with Gasteiger partial charge in [0.25, 0.3) is 5.89 Å². The van der Waals surface area contributed by atoms with Crippen LogP contribution in [-0.2, 0) is 5.54 Å². The van der Waals surface area contributed by atoms with E-state index in [4.69, 9.17) is 10.3 Å². The number of hydrogen-bond donors (Lipinski definition) is 1. The average molecular weight is 387 g/mol. The van der Waals surface area contributed by atoms with Crippen molar-refractivity contribution in [2.45, 2.75) is 44.4 Å². The summed E-state index contributed by atoms with van der Waals surface area (Å²) in [7, 11) is 0. The van der Waals surface area contributed by atoms with E-state index in [1.165, 1.54) is 24.3 Å². The lowest BCUT2D eigenvalue weighted by Crippen LogP contribution is -2.34. The van der Waals surface area contributed by atoms with Crippen molar-refractivity contribution in [3.05, 3.63) is 35.5 Å². The van der Waals surface area contributed by atoms with Crippen molar-refractivity contribution in [3.8, 4) is 11.5 Å². The van der Waals surface area contributed by atoms with Gasteiger partial charge in [-0.3, -0.25) is 0 Å². The Bertz CT molecular complexity index is 804. The molecule has 1 heterocycles. The quantitative estimate of drug-likeness (QED) is 0.718. The summed E-state index contributed by atoms with van der Waals surface area (Å²) in [6.07, 6.45) is 6.27. The maximum atomic E-state index is 12.6. The summed E-state index contributed by atoms with van der Waals surface area (Å²) in [6, 6.07) is 3.45. The molecule has 1 aromatic heterocycles. The molecular weight excluding hydrogens is 370 g/mol. The van der Waals surface area contributed by atoms with Gasteiger partial charge in [-0.15, -0.1) is 0 Å². The van der Waals surface area contributed by atoms with E-state index < -0.39 is 18.8 Å². The van der Waals surface area contributed by atoms with Crippen LogP contribution in [0.2, 0.25) is 0 Å². The fraction of sp³-hybridized carbons (Fsp3) is 0.412. The molecule has 0 unspecified atom stereocenters. The number of nitrogens with two attached hydrogens (primary N) is 1. The average Bonchev–Trinajstić information content (AvgIpc) is 3.23. The van der Waals surface area contributed by atoms with E-state index in [0.29, 0.717) is 5.82 Å². The van der Waals surface area contributed by atoms with E-state index in [1.807, 2.05) is 0 Å². The van der Waals surface area contributed by atoms with E-state index >= 15 is 0 Å². The molecule has 146 valence electrons. The maximum absolute atomic E-state index is 12.6. The van der Waals surface area contributed by atoms with Gasteiger partial charge in [-0.2, -0.15) is 22.5 Å². The zero-order chi connectivity index (χ0) is 19.4.